The molecule has 20 heavy (non-hydrogen) atoms. The summed E-state index contributed by atoms with van der Waals surface area (Å²) >= 11 is 3.51. The SMILES string of the molecule is Cc1cc(C)c(NCC(O)c2cccc(F)c2)c(Br)c1. The molecule has 0 saturated heterocycles. The Balaban J connectivity index is 2.09. The van der Waals surface area contributed by atoms with Crippen LogP contribution in [0.1, 0.15) is 22.8 Å². The average molecular weight is 338 g/mol. The highest BCUT2D eigenvalue weighted by atomic mass is 79.9. The minimum atomic E-state index is -0.752. The van der Waals surface area contributed by atoms with E-state index in [9.17, 15) is 9.50 Å². The van der Waals surface area contributed by atoms with E-state index in [0.29, 0.717) is 12.1 Å². The van der Waals surface area contributed by atoms with Gasteiger partial charge in [-0.1, -0.05) is 18.2 Å². The summed E-state index contributed by atoms with van der Waals surface area (Å²) in [5, 5.41) is 13.3. The van der Waals surface area contributed by atoms with E-state index in [1.54, 1.807) is 12.1 Å². The van der Waals surface area contributed by atoms with E-state index < -0.39 is 6.10 Å². The van der Waals surface area contributed by atoms with Gasteiger partial charge >= 0.3 is 0 Å². The van der Waals surface area contributed by atoms with Crippen LogP contribution in [0.4, 0.5) is 10.1 Å². The summed E-state index contributed by atoms with van der Waals surface area (Å²) in [5.74, 6) is -0.339. The lowest BCUT2D eigenvalue weighted by molar-refractivity contribution is 0.191. The van der Waals surface area contributed by atoms with Gasteiger partial charge in [-0.15, -0.1) is 0 Å². The van der Waals surface area contributed by atoms with E-state index in [1.165, 1.54) is 17.7 Å². The van der Waals surface area contributed by atoms with Gasteiger partial charge in [0.15, 0.2) is 0 Å². The molecule has 0 spiro atoms. The molecule has 2 aromatic carbocycles. The summed E-state index contributed by atoms with van der Waals surface area (Å²) in [6.45, 7) is 4.36. The first-order chi connectivity index (χ1) is 9.47. The van der Waals surface area contributed by atoms with E-state index in [-0.39, 0.29) is 5.82 Å². The second-order valence-corrected chi connectivity index (χ2v) is 5.74. The van der Waals surface area contributed by atoms with Gasteiger partial charge in [-0.25, -0.2) is 4.39 Å². The summed E-state index contributed by atoms with van der Waals surface area (Å²) in [6, 6.07) is 10.1. The maximum absolute atomic E-state index is 13.1. The van der Waals surface area contributed by atoms with Gasteiger partial charge in [-0.2, -0.15) is 0 Å². The standard InChI is InChI=1S/C16H17BrFNO/c1-10-6-11(2)16(14(17)7-10)19-9-15(20)12-4-3-5-13(18)8-12/h3-8,15,19-20H,9H2,1-2H3. The fraction of sp³-hybridized carbons (Fsp3) is 0.250. The van der Waals surface area contributed by atoms with Gasteiger partial charge in [0.05, 0.1) is 11.8 Å². The molecular formula is C16H17BrFNO. The fourth-order valence-corrected chi connectivity index (χ4v) is 2.98. The number of anilines is 1. The molecule has 0 fully saturated rings. The number of benzene rings is 2. The number of hydrogen-bond donors (Lipinski definition) is 2. The first kappa shape index (κ1) is 15.0. The molecule has 0 aliphatic rings. The van der Waals surface area contributed by atoms with E-state index >= 15 is 0 Å². The van der Waals surface area contributed by atoms with Gasteiger partial charge in [0.1, 0.15) is 5.82 Å². The van der Waals surface area contributed by atoms with Crippen molar-refractivity contribution in [1.82, 2.24) is 0 Å². The minimum Gasteiger partial charge on any atom is -0.387 e. The largest absolute Gasteiger partial charge is 0.387 e. The summed E-state index contributed by atoms with van der Waals surface area (Å²) in [6.07, 6.45) is -0.752. The third kappa shape index (κ3) is 3.58. The van der Waals surface area contributed by atoms with E-state index in [0.717, 1.165) is 15.7 Å². The van der Waals surface area contributed by atoms with Crippen LogP contribution in [0.5, 0.6) is 0 Å². The van der Waals surface area contributed by atoms with Gasteiger partial charge in [-0.05, 0) is 64.7 Å². The molecule has 0 aliphatic heterocycles. The number of aryl methyl sites for hydroxylation is 2. The first-order valence-electron chi connectivity index (χ1n) is 6.41. The van der Waals surface area contributed by atoms with Crippen LogP contribution in [-0.4, -0.2) is 11.7 Å². The quantitative estimate of drug-likeness (QED) is 0.869. The molecule has 2 rings (SSSR count). The maximum atomic E-state index is 13.1. The fourth-order valence-electron chi connectivity index (χ4n) is 2.17. The van der Waals surface area contributed by atoms with E-state index in [4.69, 9.17) is 0 Å². The highest BCUT2D eigenvalue weighted by Gasteiger charge is 2.10. The molecule has 1 atom stereocenters. The predicted molar refractivity (Wildman–Crippen MR) is 83.5 cm³/mol. The average Bonchev–Trinajstić information content (AvgIpc) is 2.37. The zero-order valence-electron chi connectivity index (χ0n) is 11.5. The lowest BCUT2D eigenvalue weighted by atomic mass is 10.1. The molecule has 106 valence electrons. The Hall–Kier alpha value is -1.39. The molecule has 0 amide bonds. The molecule has 0 heterocycles. The lowest BCUT2D eigenvalue weighted by Gasteiger charge is -2.16. The van der Waals surface area contributed by atoms with E-state index in [2.05, 4.69) is 27.3 Å². The van der Waals surface area contributed by atoms with Gasteiger partial charge in [0, 0.05) is 11.0 Å². The second-order valence-electron chi connectivity index (χ2n) is 4.89. The van der Waals surface area contributed by atoms with Crippen molar-refractivity contribution < 1.29 is 9.50 Å². The molecule has 2 aromatic rings. The number of aliphatic hydroxyl groups is 1. The maximum Gasteiger partial charge on any atom is 0.123 e. The lowest BCUT2D eigenvalue weighted by Crippen LogP contribution is -2.13. The van der Waals surface area contributed by atoms with Crippen molar-refractivity contribution in [3.63, 3.8) is 0 Å². The minimum absolute atomic E-state index is 0.325. The third-order valence-corrected chi connectivity index (χ3v) is 3.76. The smallest absolute Gasteiger partial charge is 0.123 e. The molecule has 0 saturated carbocycles. The highest BCUT2D eigenvalue weighted by Crippen LogP contribution is 2.28. The number of hydrogen-bond acceptors (Lipinski definition) is 2. The predicted octanol–water partition coefficient (Wildman–Crippen LogP) is 4.35. The summed E-state index contributed by atoms with van der Waals surface area (Å²) in [7, 11) is 0. The molecule has 2 N–H and O–H groups in total. The first-order valence-corrected chi connectivity index (χ1v) is 7.21. The van der Waals surface area contributed by atoms with Crippen molar-refractivity contribution in [2.45, 2.75) is 20.0 Å². The zero-order valence-corrected chi connectivity index (χ0v) is 13.0. The molecule has 0 aliphatic carbocycles. The summed E-state index contributed by atoms with van der Waals surface area (Å²) in [4.78, 5) is 0. The Morgan fingerprint density at radius 1 is 1.25 bits per heavy atom. The molecule has 0 bridgehead atoms. The number of rotatable bonds is 4. The topological polar surface area (TPSA) is 32.3 Å². The van der Waals surface area contributed by atoms with Crippen molar-refractivity contribution in [3.05, 3.63) is 63.4 Å². The van der Waals surface area contributed by atoms with Crippen LogP contribution in [0, 0.1) is 19.7 Å². The monoisotopic (exact) mass is 337 g/mol. The van der Waals surface area contributed by atoms with Crippen molar-refractivity contribution in [3.8, 4) is 0 Å². The van der Waals surface area contributed by atoms with Crippen LogP contribution in [0.15, 0.2) is 40.9 Å². The number of aliphatic hydroxyl groups excluding tert-OH is 1. The Morgan fingerprint density at radius 2 is 2.00 bits per heavy atom. The molecule has 2 nitrogen and oxygen atoms in total. The molecule has 0 aromatic heterocycles. The Bertz CT molecular complexity index is 592. The van der Waals surface area contributed by atoms with Crippen molar-refractivity contribution >= 4 is 21.6 Å². The third-order valence-electron chi connectivity index (χ3n) is 3.14. The van der Waals surface area contributed by atoms with Gasteiger partial charge in [0.2, 0.25) is 0 Å². The summed E-state index contributed by atoms with van der Waals surface area (Å²) < 4.78 is 14.1. The molecule has 4 heteroatoms. The Morgan fingerprint density at radius 3 is 2.65 bits per heavy atom. The Kier molecular flexibility index (Phi) is 4.78. The van der Waals surface area contributed by atoms with Crippen LogP contribution in [0.3, 0.4) is 0 Å². The van der Waals surface area contributed by atoms with E-state index in [1.807, 2.05) is 19.9 Å². The van der Waals surface area contributed by atoms with Crippen molar-refractivity contribution in [1.29, 1.82) is 0 Å². The van der Waals surface area contributed by atoms with Gasteiger partial charge in [-0.3, -0.25) is 0 Å². The van der Waals surface area contributed by atoms with Crippen molar-refractivity contribution in [2.75, 3.05) is 11.9 Å². The second kappa shape index (κ2) is 6.37. The van der Waals surface area contributed by atoms with Crippen LogP contribution >= 0.6 is 15.9 Å². The zero-order chi connectivity index (χ0) is 14.7. The summed E-state index contributed by atoms with van der Waals surface area (Å²) in [5.41, 5.74) is 3.79. The van der Waals surface area contributed by atoms with Crippen molar-refractivity contribution in [2.24, 2.45) is 0 Å². The van der Waals surface area contributed by atoms with Crippen LogP contribution in [0.2, 0.25) is 0 Å². The molecule has 0 radical (unpaired) electrons. The van der Waals surface area contributed by atoms with Crippen LogP contribution in [0.25, 0.3) is 0 Å². The highest BCUT2D eigenvalue weighted by molar-refractivity contribution is 9.10. The number of nitrogens with one attached hydrogen (secondary N) is 1. The van der Waals surface area contributed by atoms with Gasteiger partial charge in [0.25, 0.3) is 0 Å². The molecule has 1 unspecified atom stereocenters. The van der Waals surface area contributed by atoms with Crippen LogP contribution in [-0.2, 0) is 0 Å². The number of halogens is 2. The normalized spacial score (nSPS) is 12.2. The van der Waals surface area contributed by atoms with Gasteiger partial charge < -0.3 is 10.4 Å². The molecular weight excluding hydrogens is 321 g/mol. The Labute approximate surface area is 126 Å². The van der Waals surface area contributed by atoms with Crippen LogP contribution < -0.4 is 5.32 Å².